The van der Waals surface area contributed by atoms with Crippen molar-refractivity contribution in [1.82, 2.24) is 0 Å². The van der Waals surface area contributed by atoms with Gasteiger partial charge in [-0.2, -0.15) is 0 Å². The molecule has 3 N–H and O–H groups in total. The molecule has 0 aromatic heterocycles. The molecule has 1 amide bonds. The van der Waals surface area contributed by atoms with Crippen LogP contribution in [0.3, 0.4) is 0 Å². The molecule has 1 rings (SSSR count). The Kier molecular flexibility index (Phi) is 4.78. The van der Waals surface area contributed by atoms with Crippen molar-refractivity contribution in [2.75, 3.05) is 5.32 Å². The molecule has 0 bridgehead atoms. The van der Waals surface area contributed by atoms with Gasteiger partial charge in [0.15, 0.2) is 0 Å². The lowest BCUT2D eigenvalue weighted by atomic mass is 9.95. The van der Waals surface area contributed by atoms with E-state index in [2.05, 4.69) is 5.32 Å². The van der Waals surface area contributed by atoms with Crippen molar-refractivity contribution in [3.8, 4) is 0 Å². The third kappa shape index (κ3) is 3.50. The standard InChI is InChI=1S/C13H17FN2OS/c1-7(2)11(12(15)18)13(17)16-10-6-9(14)5-4-8(10)3/h4-7,11H,1-3H3,(H2,15,18)(H,16,17). The molecular formula is C13H17FN2OS. The molecule has 0 aliphatic carbocycles. The number of rotatable bonds is 4. The van der Waals surface area contributed by atoms with Crippen molar-refractivity contribution >= 4 is 28.8 Å². The highest BCUT2D eigenvalue weighted by Gasteiger charge is 2.25. The molecule has 3 nitrogen and oxygen atoms in total. The Bertz CT molecular complexity index is 474. The molecular weight excluding hydrogens is 251 g/mol. The SMILES string of the molecule is Cc1ccc(F)cc1NC(=O)C(C(N)=S)C(C)C. The summed E-state index contributed by atoms with van der Waals surface area (Å²) in [6, 6.07) is 4.23. The van der Waals surface area contributed by atoms with E-state index in [1.54, 1.807) is 13.0 Å². The molecule has 0 heterocycles. The van der Waals surface area contributed by atoms with Crippen molar-refractivity contribution in [2.45, 2.75) is 20.8 Å². The smallest absolute Gasteiger partial charge is 0.234 e. The van der Waals surface area contributed by atoms with Crippen LogP contribution >= 0.6 is 12.2 Å². The average molecular weight is 268 g/mol. The first-order chi connectivity index (χ1) is 8.32. The van der Waals surface area contributed by atoms with E-state index >= 15 is 0 Å². The van der Waals surface area contributed by atoms with E-state index < -0.39 is 11.7 Å². The zero-order valence-corrected chi connectivity index (χ0v) is 11.5. The number of halogens is 1. The summed E-state index contributed by atoms with van der Waals surface area (Å²) in [4.78, 5) is 12.2. The predicted molar refractivity (Wildman–Crippen MR) is 74.9 cm³/mol. The van der Waals surface area contributed by atoms with Gasteiger partial charge in [0.25, 0.3) is 0 Å². The molecule has 0 saturated carbocycles. The number of benzene rings is 1. The largest absolute Gasteiger partial charge is 0.393 e. The number of nitrogens with two attached hydrogens (primary N) is 1. The van der Waals surface area contributed by atoms with Crippen LogP contribution in [0.2, 0.25) is 0 Å². The summed E-state index contributed by atoms with van der Waals surface area (Å²) >= 11 is 4.89. The van der Waals surface area contributed by atoms with E-state index in [1.807, 2.05) is 13.8 Å². The van der Waals surface area contributed by atoms with Gasteiger partial charge in [-0.15, -0.1) is 0 Å². The molecule has 1 unspecified atom stereocenters. The number of amides is 1. The highest BCUT2D eigenvalue weighted by Crippen LogP contribution is 2.19. The van der Waals surface area contributed by atoms with Crippen LogP contribution in [0, 0.1) is 24.6 Å². The fourth-order valence-electron chi connectivity index (χ4n) is 1.70. The summed E-state index contributed by atoms with van der Waals surface area (Å²) in [7, 11) is 0. The maximum atomic E-state index is 13.1. The zero-order chi connectivity index (χ0) is 13.9. The Morgan fingerprint density at radius 1 is 1.44 bits per heavy atom. The van der Waals surface area contributed by atoms with Crippen LogP contribution in [0.1, 0.15) is 19.4 Å². The Morgan fingerprint density at radius 3 is 2.56 bits per heavy atom. The highest BCUT2D eigenvalue weighted by atomic mass is 32.1. The molecule has 0 spiro atoms. The number of carbonyl (C=O) groups excluding carboxylic acids is 1. The minimum atomic E-state index is -0.553. The first-order valence-corrected chi connectivity index (χ1v) is 6.10. The van der Waals surface area contributed by atoms with Crippen molar-refractivity contribution in [3.63, 3.8) is 0 Å². The summed E-state index contributed by atoms with van der Waals surface area (Å²) < 4.78 is 13.1. The fraction of sp³-hybridized carbons (Fsp3) is 0.385. The molecule has 98 valence electrons. The van der Waals surface area contributed by atoms with Crippen LogP contribution in [-0.2, 0) is 4.79 Å². The number of hydrogen-bond acceptors (Lipinski definition) is 2. The van der Waals surface area contributed by atoms with Crippen LogP contribution in [0.25, 0.3) is 0 Å². The van der Waals surface area contributed by atoms with Gasteiger partial charge >= 0.3 is 0 Å². The second-order valence-corrected chi connectivity index (χ2v) is 5.04. The fourth-order valence-corrected chi connectivity index (χ4v) is 2.08. The predicted octanol–water partition coefficient (Wildman–Crippen LogP) is 2.63. The lowest BCUT2D eigenvalue weighted by Gasteiger charge is -2.19. The molecule has 0 aliphatic rings. The van der Waals surface area contributed by atoms with Gasteiger partial charge in [-0.3, -0.25) is 4.79 Å². The monoisotopic (exact) mass is 268 g/mol. The molecule has 0 radical (unpaired) electrons. The van der Waals surface area contributed by atoms with Crippen LogP contribution in [0.15, 0.2) is 18.2 Å². The lowest BCUT2D eigenvalue weighted by molar-refractivity contribution is -0.118. The molecule has 1 atom stereocenters. The van der Waals surface area contributed by atoms with Crippen molar-refractivity contribution in [2.24, 2.45) is 17.6 Å². The van der Waals surface area contributed by atoms with E-state index in [1.165, 1.54) is 12.1 Å². The summed E-state index contributed by atoms with van der Waals surface area (Å²) in [5.74, 6) is -1.25. The third-order valence-electron chi connectivity index (χ3n) is 2.71. The van der Waals surface area contributed by atoms with E-state index in [0.29, 0.717) is 5.69 Å². The minimum Gasteiger partial charge on any atom is -0.393 e. The van der Waals surface area contributed by atoms with Crippen LogP contribution in [-0.4, -0.2) is 10.9 Å². The Balaban J connectivity index is 2.92. The molecule has 5 heteroatoms. The van der Waals surface area contributed by atoms with Crippen molar-refractivity contribution in [1.29, 1.82) is 0 Å². The maximum Gasteiger partial charge on any atom is 0.234 e. The van der Waals surface area contributed by atoms with Gasteiger partial charge < -0.3 is 11.1 Å². The molecule has 18 heavy (non-hydrogen) atoms. The van der Waals surface area contributed by atoms with Gasteiger partial charge in [0.2, 0.25) is 5.91 Å². The van der Waals surface area contributed by atoms with Gasteiger partial charge in [-0.1, -0.05) is 32.1 Å². The lowest BCUT2D eigenvalue weighted by Crippen LogP contribution is -2.36. The molecule has 0 aliphatic heterocycles. The topological polar surface area (TPSA) is 55.1 Å². The van der Waals surface area contributed by atoms with E-state index in [9.17, 15) is 9.18 Å². The van der Waals surface area contributed by atoms with Crippen LogP contribution in [0.4, 0.5) is 10.1 Å². The highest BCUT2D eigenvalue weighted by molar-refractivity contribution is 7.80. The van der Waals surface area contributed by atoms with Gasteiger partial charge in [-0.25, -0.2) is 4.39 Å². The van der Waals surface area contributed by atoms with E-state index in [4.69, 9.17) is 18.0 Å². The number of hydrogen-bond donors (Lipinski definition) is 2. The quantitative estimate of drug-likeness (QED) is 0.825. The van der Waals surface area contributed by atoms with E-state index in [-0.39, 0.29) is 16.8 Å². The van der Waals surface area contributed by atoms with Crippen LogP contribution < -0.4 is 11.1 Å². The summed E-state index contributed by atoms with van der Waals surface area (Å²) in [6.45, 7) is 5.52. The molecule has 1 aromatic carbocycles. The zero-order valence-electron chi connectivity index (χ0n) is 10.7. The van der Waals surface area contributed by atoms with Gasteiger partial charge in [-0.05, 0) is 30.5 Å². The number of carbonyl (C=O) groups is 1. The Morgan fingerprint density at radius 2 is 2.06 bits per heavy atom. The second-order valence-electron chi connectivity index (χ2n) is 4.57. The number of nitrogens with one attached hydrogen (secondary N) is 1. The summed E-state index contributed by atoms with van der Waals surface area (Å²) in [5.41, 5.74) is 6.79. The third-order valence-corrected chi connectivity index (χ3v) is 2.97. The normalized spacial score (nSPS) is 12.3. The van der Waals surface area contributed by atoms with Gasteiger partial charge in [0, 0.05) is 5.69 Å². The first-order valence-electron chi connectivity index (χ1n) is 5.69. The van der Waals surface area contributed by atoms with E-state index in [0.717, 1.165) is 5.56 Å². The summed E-state index contributed by atoms with van der Waals surface area (Å²) in [5, 5.41) is 2.67. The average Bonchev–Trinajstić information content (AvgIpc) is 2.22. The van der Waals surface area contributed by atoms with Gasteiger partial charge in [0.05, 0.1) is 10.9 Å². The molecule has 0 saturated heterocycles. The number of aryl methyl sites for hydroxylation is 1. The summed E-state index contributed by atoms with van der Waals surface area (Å²) in [6.07, 6.45) is 0. The maximum absolute atomic E-state index is 13.1. The van der Waals surface area contributed by atoms with Crippen LogP contribution in [0.5, 0.6) is 0 Å². The number of thiocarbonyl (C=S) groups is 1. The molecule has 1 aromatic rings. The molecule has 0 fully saturated rings. The minimum absolute atomic E-state index is 0.00337. The van der Waals surface area contributed by atoms with Gasteiger partial charge in [0.1, 0.15) is 5.82 Å². The second kappa shape index (κ2) is 5.91. The number of anilines is 1. The Hall–Kier alpha value is -1.49. The first kappa shape index (κ1) is 14.6. The Labute approximate surface area is 112 Å². The van der Waals surface area contributed by atoms with Crippen molar-refractivity contribution < 1.29 is 9.18 Å². The van der Waals surface area contributed by atoms with Crippen molar-refractivity contribution in [3.05, 3.63) is 29.6 Å².